The summed E-state index contributed by atoms with van der Waals surface area (Å²) >= 11 is 0. The van der Waals surface area contributed by atoms with E-state index >= 15 is 0 Å². The second-order valence-corrected chi connectivity index (χ2v) is 6.42. The van der Waals surface area contributed by atoms with Gasteiger partial charge < -0.3 is 18.3 Å². The van der Waals surface area contributed by atoms with Gasteiger partial charge in [-0.1, -0.05) is 12.1 Å². The molecule has 0 fully saturated rings. The van der Waals surface area contributed by atoms with Crippen LogP contribution in [0.25, 0.3) is 22.7 Å². The number of carbonyl (C=O) groups excluding carboxylic acids is 1. The number of allylic oxidation sites excluding steroid dienone is 1. The standard InChI is InChI=1S/C23H19NO5/c1-14-8-9-16(28-14)13-19(23-24-20-6-4-5-7-21(20)29-23)22(25)15-10-17(26-2)12-18(11-15)27-3/h4-13H,1-3H3. The van der Waals surface area contributed by atoms with Crippen LogP contribution < -0.4 is 9.47 Å². The van der Waals surface area contributed by atoms with Crippen LogP contribution in [0.1, 0.15) is 27.8 Å². The van der Waals surface area contributed by atoms with Gasteiger partial charge in [0.05, 0.1) is 19.8 Å². The summed E-state index contributed by atoms with van der Waals surface area (Å²) in [6.45, 7) is 1.84. The predicted molar refractivity (Wildman–Crippen MR) is 109 cm³/mol. The van der Waals surface area contributed by atoms with E-state index in [1.165, 1.54) is 14.2 Å². The normalized spacial score (nSPS) is 11.6. The summed E-state index contributed by atoms with van der Waals surface area (Å²) < 4.78 is 22.1. The van der Waals surface area contributed by atoms with Gasteiger partial charge in [-0.15, -0.1) is 0 Å². The molecule has 0 unspecified atom stereocenters. The summed E-state index contributed by atoms with van der Waals surface area (Å²) in [6, 6.07) is 16.0. The average molecular weight is 389 g/mol. The average Bonchev–Trinajstić information content (AvgIpc) is 3.36. The minimum Gasteiger partial charge on any atom is -0.497 e. The van der Waals surface area contributed by atoms with E-state index in [0.717, 1.165) is 5.76 Å². The van der Waals surface area contributed by atoms with Gasteiger partial charge in [0.2, 0.25) is 5.89 Å². The molecule has 146 valence electrons. The van der Waals surface area contributed by atoms with Crippen molar-refractivity contribution in [2.75, 3.05) is 14.2 Å². The van der Waals surface area contributed by atoms with Crippen molar-refractivity contribution >= 4 is 28.5 Å². The van der Waals surface area contributed by atoms with Crippen LogP contribution in [0.4, 0.5) is 0 Å². The van der Waals surface area contributed by atoms with Gasteiger partial charge in [0.25, 0.3) is 0 Å². The van der Waals surface area contributed by atoms with Crippen LogP contribution in [0.2, 0.25) is 0 Å². The largest absolute Gasteiger partial charge is 0.497 e. The number of aryl methyl sites for hydroxylation is 1. The molecule has 0 bridgehead atoms. The molecule has 0 radical (unpaired) electrons. The van der Waals surface area contributed by atoms with E-state index < -0.39 is 0 Å². The monoisotopic (exact) mass is 389 g/mol. The number of ketones is 1. The molecule has 6 heteroatoms. The topological polar surface area (TPSA) is 74.7 Å². The van der Waals surface area contributed by atoms with E-state index in [1.54, 1.807) is 36.4 Å². The molecule has 0 saturated carbocycles. The first-order chi connectivity index (χ1) is 14.1. The zero-order valence-corrected chi connectivity index (χ0v) is 16.3. The van der Waals surface area contributed by atoms with E-state index in [4.69, 9.17) is 18.3 Å². The van der Waals surface area contributed by atoms with Crippen molar-refractivity contribution in [2.45, 2.75) is 6.92 Å². The lowest BCUT2D eigenvalue weighted by atomic mass is 10.0. The number of hydrogen-bond donors (Lipinski definition) is 0. The molecule has 0 aliphatic heterocycles. The summed E-state index contributed by atoms with van der Waals surface area (Å²) in [7, 11) is 3.07. The van der Waals surface area contributed by atoms with E-state index in [1.807, 2.05) is 31.2 Å². The van der Waals surface area contributed by atoms with Crippen LogP contribution in [0.3, 0.4) is 0 Å². The molecular weight excluding hydrogens is 370 g/mol. The summed E-state index contributed by atoms with van der Waals surface area (Å²) in [5.41, 5.74) is 1.92. The van der Waals surface area contributed by atoms with E-state index in [0.29, 0.717) is 33.9 Å². The van der Waals surface area contributed by atoms with Crippen molar-refractivity contribution < 1.29 is 23.1 Å². The second kappa shape index (κ2) is 7.67. The Hall–Kier alpha value is -3.80. The molecule has 2 aromatic heterocycles. The third-order valence-corrected chi connectivity index (χ3v) is 4.43. The lowest BCUT2D eigenvalue weighted by Gasteiger charge is -2.08. The molecule has 0 saturated heterocycles. The first kappa shape index (κ1) is 18.6. The minimum atomic E-state index is -0.289. The molecule has 0 amide bonds. The van der Waals surface area contributed by atoms with Crippen molar-refractivity contribution in [3.05, 3.63) is 77.6 Å². The Balaban J connectivity index is 1.86. The second-order valence-electron chi connectivity index (χ2n) is 6.42. The molecule has 2 aromatic carbocycles. The Morgan fingerprint density at radius 1 is 0.966 bits per heavy atom. The van der Waals surface area contributed by atoms with Crippen LogP contribution in [-0.4, -0.2) is 25.0 Å². The molecule has 6 nitrogen and oxygen atoms in total. The smallest absolute Gasteiger partial charge is 0.231 e. The summed E-state index contributed by atoms with van der Waals surface area (Å²) in [5.74, 6) is 2.22. The SMILES string of the molecule is COc1cc(OC)cc(C(=O)C(=Cc2ccc(C)o2)c2nc3ccccc3o2)c1. The molecule has 2 heterocycles. The maximum Gasteiger partial charge on any atom is 0.231 e. The van der Waals surface area contributed by atoms with Gasteiger partial charge in [0.15, 0.2) is 11.4 Å². The number of benzene rings is 2. The van der Waals surface area contributed by atoms with Crippen LogP contribution in [-0.2, 0) is 0 Å². The number of methoxy groups -OCH3 is 2. The van der Waals surface area contributed by atoms with Crippen molar-refractivity contribution in [3.63, 3.8) is 0 Å². The molecular formula is C23H19NO5. The first-order valence-electron chi connectivity index (χ1n) is 8.99. The number of furan rings is 1. The number of oxazole rings is 1. The fourth-order valence-corrected chi connectivity index (χ4v) is 2.98. The Morgan fingerprint density at radius 3 is 2.31 bits per heavy atom. The van der Waals surface area contributed by atoms with Gasteiger partial charge in [-0.25, -0.2) is 4.98 Å². The molecule has 0 N–H and O–H groups in total. The van der Waals surface area contributed by atoms with Gasteiger partial charge in [0, 0.05) is 11.6 Å². The Bertz CT molecular complexity index is 1160. The third kappa shape index (κ3) is 3.78. The van der Waals surface area contributed by atoms with Gasteiger partial charge in [0.1, 0.15) is 28.5 Å². The first-order valence-corrected chi connectivity index (χ1v) is 8.99. The maximum atomic E-state index is 13.4. The number of nitrogens with zero attached hydrogens (tertiary/aromatic N) is 1. The van der Waals surface area contributed by atoms with Crippen LogP contribution in [0.5, 0.6) is 11.5 Å². The van der Waals surface area contributed by atoms with E-state index in [9.17, 15) is 4.79 Å². The zero-order valence-electron chi connectivity index (χ0n) is 16.3. The molecule has 4 rings (SSSR count). The van der Waals surface area contributed by atoms with Gasteiger partial charge in [-0.05, 0) is 49.4 Å². The quantitative estimate of drug-likeness (QED) is 0.334. The highest BCUT2D eigenvalue weighted by atomic mass is 16.5. The summed E-state index contributed by atoms with van der Waals surface area (Å²) in [5, 5.41) is 0. The molecule has 0 spiro atoms. The predicted octanol–water partition coefficient (Wildman–Crippen LogP) is 5.17. The molecule has 29 heavy (non-hydrogen) atoms. The fraction of sp³-hybridized carbons (Fsp3) is 0.130. The van der Waals surface area contributed by atoms with Crippen LogP contribution in [0, 0.1) is 6.92 Å². The number of Topliss-reactive ketones (excluding diaryl/α,β-unsaturated/α-hetero) is 1. The highest BCUT2D eigenvalue weighted by Gasteiger charge is 2.22. The number of hydrogen-bond acceptors (Lipinski definition) is 6. The maximum absolute atomic E-state index is 13.4. The highest BCUT2D eigenvalue weighted by molar-refractivity contribution is 6.31. The lowest BCUT2D eigenvalue weighted by molar-refractivity contribution is 0.105. The lowest BCUT2D eigenvalue weighted by Crippen LogP contribution is -2.04. The summed E-state index contributed by atoms with van der Waals surface area (Å²) in [4.78, 5) is 17.9. The molecule has 0 aliphatic rings. The molecule has 4 aromatic rings. The Kier molecular flexibility index (Phi) is 4.91. The Morgan fingerprint density at radius 2 is 1.69 bits per heavy atom. The molecule has 0 aliphatic carbocycles. The number of rotatable bonds is 6. The highest BCUT2D eigenvalue weighted by Crippen LogP contribution is 2.30. The number of carbonyl (C=O) groups is 1. The number of para-hydroxylation sites is 2. The Labute approximate surface area is 167 Å². The number of ether oxygens (including phenoxy) is 2. The fourth-order valence-electron chi connectivity index (χ4n) is 2.98. The zero-order chi connectivity index (χ0) is 20.4. The van der Waals surface area contributed by atoms with Crippen molar-refractivity contribution in [1.82, 2.24) is 4.98 Å². The van der Waals surface area contributed by atoms with E-state index in [2.05, 4.69) is 4.98 Å². The molecule has 0 atom stereocenters. The summed E-state index contributed by atoms with van der Waals surface area (Å²) in [6.07, 6.45) is 1.63. The van der Waals surface area contributed by atoms with Crippen LogP contribution in [0.15, 0.2) is 63.4 Å². The van der Waals surface area contributed by atoms with Crippen LogP contribution >= 0.6 is 0 Å². The number of fused-ring (bicyclic) bond motifs is 1. The van der Waals surface area contributed by atoms with Crippen molar-refractivity contribution in [2.24, 2.45) is 0 Å². The minimum absolute atomic E-state index is 0.215. The van der Waals surface area contributed by atoms with Gasteiger partial charge in [-0.2, -0.15) is 0 Å². The van der Waals surface area contributed by atoms with E-state index in [-0.39, 0.29) is 17.2 Å². The third-order valence-electron chi connectivity index (χ3n) is 4.43. The van der Waals surface area contributed by atoms with Crippen molar-refractivity contribution in [1.29, 1.82) is 0 Å². The number of aromatic nitrogens is 1. The van der Waals surface area contributed by atoms with Gasteiger partial charge >= 0.3 is 0 Å². The van der Waals surface area contributed by atoms with Crippen molar-refractivity contribution in [3.8, 4) is 11.5 Å². The van der Waals surface area contributed by atoms with Gasteiger partial charge in [-0.3, -0.25) is 4.79 Å².